The van der Waals surface area contributed by atoms with Gasteiger partial charge < -0.3 is 5.11 Å². The van der Waals surface area contributed by atoms with Crippen molar-refractivity contribution in [2.75, 3.05) is 5.43 Å². The number of fused-ring (bicyclic) bond motifs is 2. The van der Waals surface area contributed by atoms with Crippen LogP contribution in [-0.4, -0.2) is 34.5 Å². The summed E-state index contributed by atoms with van der Waals surface area (Å²) >= 11 is 0. The van der Waals surface area contributed by atoms with E-state index >= 15 is 0 Å². The molecule has 0 unspecified atom stereocenters. The fourth-order valence-electron chi connectivity index (χ4n) is 3.27. The van der Waals surface area contributed by atoms with Crippen LogP contribution in [0.25, 0.3) is 15.7 Å². The molecule has 0 amide bonds. The first-order valence-electron chi connectivity index (χ1n) is 8.74. The van der Waals surface area contributed by atoms with Gasteiger partial charge in [-0.05, 0) is 17.5 Å². The minimum Gasteiger partial charge on any atom is -0.506 e. The number of aromatic hydroxyl groups is 1. The van der Waals surface area contributed by atoms with Gasteiger partial charge in [0.15, 0.2) is 0 Å². The van der Waals surface area contributed by atoms with Crippen LogP contribution in [0, 0.1) is 10.1 Å². The molecule has 10 nitrogen and oxygen atoms in total. The van der Waals surface area contributed by atoms with Crippen LogP contribution in [0.3, 0.4) is 0 Å². The number of rotatable bonds is 4. The van der Waals surface area contributed by atoms with Gasteiger partial charge in [0, 0.05) is 52.1 Å². The molecule has 3 N–H and O–H groups in total. The Labute approximate surface area is 191 Å². The molecule has 0 aromatic heterocycles. The average molecular weight is 491 g/mol. The second-order valence-corrected chi connectivity index (χ2v) is 7.98. The molecule has 3 aromatic carbocycles. The number of hydrazone groups is 1. The van der Waals surface area contributed by atoms with Crippen LogP contribution in [0.5, 0.6) is 5.75 Å². The van der Waals surface area contributed by atoms with Crippen LogP contribution in [0.15, 0.2) is 65.8 Å². The summed E-state index contributed by atoms with van der Waals surface area (Å²) in [5, 5.41) is 26.8. The summed E-state index contributed by atoms with van der Waals surface area (Å²) in [4.78, 5) is 22.2. The minimum absolute atomic E-state index is 0. The first-order chi connectivity index (χ1) is 14.7. The molecule has 1 aliphatic carbocycles. The van der Waals surface area contributed by atoms with Crippen LogP contribution in [0.1, 0.15) is 11.1 Å². The van der Waals surface area contributed by atoms with Crippen molar-refractivity contribution in [2.24, 2.45) is 5.10 Å². The Morgan fingerprint density at radius 2 is 1.75 bits per heavy atom. The van der Waals surface area contributed by atoms with Crippen molar-refractivity contribution in [3.05, 3.63) is 81.9 Å². The number of hydrogen-bond acceptors (Lipinski definition) is 8. The molecule has 0 bridgehead atoms. The number of allylic oxidation sites excluding steroid dienone is 1. The molecule has 0 spiro atoms. The number of hydrogen-bond donors (Lipinski definition) is 3. The van der Waals surface area contributed by atoms with Gasteiger partial charge in [-0.15, -0.1) is 0 Å². The number of nitro groups is 1. The van der Waals surface area contributed by atoms with E-state index in [2.05, 4.69) is 10.5 Å². The maximum absolute atomic E-state index is 12.6. The molecular weight excluding hydrogens is 478 g/mol. The summed E-state index contributed by atoms with van der Waals surface area (Å²) < 4.78 is 32.9. The number of nitro benzene ring substituents is 1. The van der Waals surface area contributed by atoms with Crippen molar-refractivity contribution in [1.29, 1.82) is 0 Å². The van der Waals surface area contributed by atoms with Crippen molar-refractivity contribution in [3.63, 3.8) is 0 Å². The first-order valence-corrected chi connectivity index (χ1v) is 10.2. The van der Waals surface area contributed by atoms with E-state index in [-0.39, 0.29) is 45.6 Å². The zero-order valence-electron chi connectivity index (χ0n) is 15.9. The van der Waals surface area contributed by atoms with Gasteiger partial charge in [0.05, 0.1) is 4.92 Å². The predicted octanol–water partition coefficient (Wildman–Crippen LogP) is 3.08. The third kappa shape index (κ3) is 4.12. The Balaban J connectivity index is 0.00000289. The fourth-order valence-corrected chi connectivity index (χ4v) is 3.97. The second kappa shape index (κ2) is 8.52. The number of nitrogens with zero attached hydrogens (tertiary/aromatic N) is 2. The number of nitrogens with one attached hydrogen (secondary N) is 1. The number of benzene rings is 3. The molecule has 0 saturated heterocycles. The van der Waals surface area contributed by atoms with Crippen molar-refractivity contribution >= 4 is 48.7 Å². The molecule has 0 saturated carbocycles. The van der Waals surface area contributed by atoms with Crippen LogP contribution in [0.2, 0.25) is 0 Å². The molecular formula is C20H13CrN3O7S. The monoisotopic (exact) mass is 491 g/mol. The minimum atomic E-state index is -4.84. The van der Waals surface area contributed by atoms with E-state index in [1.807, 2.05) is 12.1 Å². The summed E-state index contributed by atoms with van der Waals surface area (Å²) in [7, 11) is -4.84. The number of anilines is 1. The van der Waals surface area contributed by atoms with Crippen molar-refractivity contribution in [1.82, 2.24) is 0 Å². The van der Waals surface area contributed by atoms with Gasteiger partial charge >= 0.3 is 0 Å². The van der Waals surface area contributed by atoms with Crippen LogP contribution in [0.4, 0.5) is 11.4 Å². The molecule has 0 fully saturated rings. The van der Waals surface area contributed by atoms with Crippen molar-refractivity contribution in [3.8, 4) is 5.75 Å². The third-order valence-corrected chi connectivity index (χ3v) is 5.59. The standard InChI is InChI=1S/C20H13N3O7S.Cr/c24-16-8-5-11-3-1-2-4-13(11)19(16)21-22-20-14-7-6-12(23(26)27)9-15(14)18(10-17(20)25)31(28,29)30;/h1-10,21,24H,(H,28,29,30);/b22-20-;. The zero-order chi connectivity index (χ0) is 22.3. The normalized spacial score (nSPS) is 14.5. The average Bonchev–Trinajstić information content (AvgIpc) is 2.72. The smallest absolute Gasteiger partial charge is 0.295 e. The molecule has 4 rings (SSSR count). The van der Waals surface area contributed by atoms with Crippen LogP contribution < -0.4 is 5.43 Å². The Morgan fingerprint density at radius 1 is 1.03 bits per heavy atom. The van der Waals surface area contributed by atoms with E-state index in [1.54, 1.807) is 18.2 Å². The van der Waals surface area contributed by atoms with Gasteiger partial charge in [-0.2, -0.15) is 13.5 Å². The van der Waals surface area contributed by atoms with E-state index in [0.717, 1.165) is 17.5 Å². The molecule has 32 heavy (non-hydrogen) atoms. The molecule has 3 aromatic rings. The Kier molecular flexibility index (Phi) is 6.16. The van der Waals surface area contributed by atoms with Crippen LogP contribution in [-0.2, 0) is 32.3 Å². The number of phenolic OH excluding ortho intramolecular Hbond substituents is 1. The molecule has 0 aliphatic heterocycles. The maximum Gasteiger partial charge on any atom is 0.295 e. The van der Waals surface area contributed by atoms with E-state index in [9.17, 15) is 33.0 Å². The van der Waals surface area contributed by atoms with Gasteiger partial charge in [0.1, 0.15) is 22.1 Å². The summed E-state index contributed by atoms with van der Waals surface area (Å²) in [5.41, 5.74) is 1.90. The van der Waals surface area contributed by atoms with Gasteiger partial charge in [-0.3, -0.25) is 24.9 Å². The molecule has 1 aliphatic rings. The Bertz CT molecular complexity index is 1450. The quantitative estimate of drug-likeness (QED) is 0.217. The molecule has 0 heterocycles. The molecule has 0 radical (unpaired) electrons. The van der Waals surface area contributed by atoms with Gasteiger partial charge in [-0.1, -0.05) is 30.3 Å². The van der Waals surface area contributed by atoms with Gasteiger partial charge in [0.25, 0.3) is 15.8 Å². The van der Waals surface area contributed by atoms with E-state index in [1.165, 1.54) is 12.1 Å². The SMILES string of the molecule is O=C1C=C(S(=O)(=O)O)c2cc([N+](=O)[O-])ccc2/C1=N/Nc1c(O)ccc2ccccc12.[Cr]. The summed E-state index contributed by atoms with van der Waals surface area (Å²) in [6, 6.07) is 13.4. The maximum atomic E-state index is 12.6. The second-order valence-electron chi connectivity index (χ2n) is 6.59. The first kappa shape index (κ1) is 23.1. The van der Waals surface area contributed by atoms with Gasteiger partial charge in [0.2, 0.25) is 5.78 Å². The molecule has 12 heteroatoms. The topological polar surface area (TPSA) is 159 Å². The van der Waals surface area contributed by atoms with E-state index < -0.39 is 31.4 Å². The Morgan fingerprint density at radius 3 is 2.44 bits per heavy atom. The van der Waals surface area contributed by atoms with Crippen LogP contribution >= 0.6 is 0 Å². The number of carbonyl (C=O) groups is 1. The number of ketones is 1. The van der Waals surface area contributed by atoms with Gasteiger partial charge in [-0.25, -0.2) is 0 Å². The Hall–Kier alpha value is -3.56. The number of carbonyl (C=O) groups excluding carboxylic acids is 1. The third-order valence-electron chi connectivity index (χ3n) is 4.69. The molecule has 0 atom stereocenters. The molecule has 162 valence electrons. The predicted molar refractivity (Wildman–Crippen MR) is 113 cm³/mol. The summed E-state index contributed by atoms with van der Waals surface area (Å²) in [5.74, 6) is -0.981. The van der Waals surface area contributed by atoms with E-state index in [0.29, 0.717) is 11.5 Å². The fraction of sp³-hybridized carbons (Fsp3) is 0. The van der Waals surface area contributed by atoms with Crippen molar-refractivity contribution in [2.45, 2.75) is 0 Å². The number of non-ortho nitro benzene ring substituents is 1. The summed E-state index contributed by atoms with van der Waals surface area (Å²) in [6.45, 7) is 0. The summed E-state index contributed by atoms with van der Waals surface area (Å²) in [6.07, 6.45) is 0.644. The zero-order valence-corrected chi connectivity index (χ0v) is 18.0. The van der Waals surface area contributed by atoms with Crippen molar-refractivity contribution < 1.29 is 45.2 Å². The van der Waals surface area contributed by atoms with E-state index in [4.69, 9.17) is 0 Å². The largest absolute Gasteiger partial charge is 0.506 e. The number of phenols is 1.